The molecule has 0 amide bonds. The van der Waals surface area contributed by atoms with E-state index >= 15 is 0 Å². The highest BCUT2D eigenvalue weighted by atomic mass is 32.2. The Morgan fingerprint density at radius 2 is 2.00 bits per heavy atom. The predicted molar refractivity (Wildman–Crippen MR) is 61.0 cm³/mol. The summed E-state index contributed by atoms with van der Waals surface area (Å²) < 4.78 is 30.8. The third kappa shape index (κ3) is 2.51. The molecular weight excluding hydrogens is 228 g/mol. The van der Waals surface area contributed by atoms with Crippen molar-refractivity contribution in [1.29, 1.82) is 0 Å². The second-order valence-corrected chi connectivity index (χ2v) is 5.59. The van der Waals surface area contributed by atoms with E-state index in [2.05, 4.69) is 4.98 Å². The Morgan fingerprint density at radius 1 is 1.31 bits per heavy atom. The molecule has 0 aliphatic carbocycles. The summed E-state index contributed by atoms with van der Waals surface area (Å²) in [6.07, 6.45) is 2.62. The summed E-state index contributed by atoms with van der Waals surface area (Å²) in [5.41, 5.74) is 0. The number of pyridine rings is 1. The number of rotatable bonds is 2. The van der Waals surface area contributed by atoms with E-state index in [1.165, 1.54) is 0 Å². The number of anilines is 1. The van der Waals surface area contributed by atoms with Gasteiger partial charge in [0.1, 0.15) is 5.82 Å². The minimum atomic E-state index is -3.88. The van der Waals surface area contributed by atoms with Crippen LogP contribution in [-0.2, 0) is 10.1 Å². The Balaban J connectivity index is 2.01. The van der Waals surface area contributed by atoms with Crippen LogP contribution in [0.3, 0.4) is 0 Å². The van der Waals surface area contributed by atoms with Crippen LogP contribution in [0.25, 0.3) is 0 Å². The van der Waals surface area contributed by atoms with E-state index in [1.807, 2.05) is 23.1 Å². The smallest absolute Gasteiger partial charge is 0.267 e. The van der Waals surface area contributed by atoms with Crippen molar-refractivity contribution in [1.82, 2.24) is 4.98 Å². The number of hydrogen-bond acceptors (Lipinski definition) is 4. The van der Waals surface area contributed by atoms with E-state index in [-0.39, 0.29) is 0 Å². The van der Waals surface area contributed by atoms with Crippen molar-refractivity contribution in [3.63, 3.8) is 0 Å². The summed E-state index contributed by atoms with van der Waals surface area (Å²) in [5, 5.41) is -0.618. The third-order valence-electron chi connectivity index (χ3n) is 2.84. The SMILES string of the molecule is O=S(=O)(O)C1CCN(c2ccccn2)CC1. The van der Waals surface area contributed by atoms with Crippen LogP contribution in [0.2, 0.25) is 0 Å². The predicted octanol–water partition coefficient (Wildman–Crippen LogP) is 0.938. The summed E-state index contributed by atoms with van der Waals surface area (Å²) >= 11 is 0. The van der Waals surface area contributed by atoms with Crippen molar-refractivity contribution in [2.24, 2.45) is 0 Å². The van der Waals surface area contributed by atoms with Crippen LogP contribution < -0.4 is 4.90 Å². The molecule has 0 saturated carbocycles. The molecule has 6 heteroatoms. The maximum atomic E-state index is 11.0. The lowest BCUT2D eigenvalue weighted by molar-refractivity contribution is 0.444. The number of nitrogens with zero attached hydrogens (tertiary/aromatic N) is 2. The maximum absolute atomic E-state index is 11.0. The van der Waals surface area contributed by atoms with Gasteiger partial charge in [-0.3, -0.25) is 4.55 Å². The van der Waals surface area contributed by atoms with Crippen LogP contribution in [0.1, 0.15) is 12.8 Å². The summed E-state index contributed by atoms with van der Waals surface area (Å²) in [6, 6.07) is 5.64. The van der Waals surface area contributed by atoms with E-state index < -0.39 is 15.4 Å². The molecule has 1 saturated heterocycles. The Hall–Kier alpha value is -1.14. The quantitative estimate of drug-likeness (QED) is 0.781. The zero-order chi connectivity index (χ0) is 11.6. The first-order chi connectivity index (χ1) is 7.57. The van der Waals surface area contributed by atoms with E-state index in [0.717, 1.165) is 5.82 Å². The Kier molecular flexibility index (Phi) is 3.11. The molecule has 2 heterocycles. The lowest BCUT2D eigenvalue weighted by atomic mass is 10.1. The molecular formula is C10H14N2O3S. The highest BCUT2D eigenvalue weighted by Gasteiger charge is 2.28. The Bertz CT molecular complexity index is 438. The number of aromatic nitrogens is 1. The van der Waals surface area contributed by atoms with Gasteiger partial charge in [-0.25, -0.2) is 4.98 Å². The van der Waals surface area contributed by atoms with Crippen molar-refractivity contribution < 1.29 is 13.0 Å². The summed E-state index contributed by atoms with van der Waals surface area (Å²) in [4.78, 5) is 6.23. The first-order valence-corrected chi connectivity index (χ1v) is 6.70. The third-order valence-corrected chi connectivity index (χ3v) is 4.15. The molecule has 16 heavy (non-hydrogen) atoms. The molecule has 0 atom stereocenters. The van der Waals surface area contributed by atoms with Crippen LogP contribution >= 0.6 is 0 Å². The molecule has 0 unspecified atom stereocenters. The van der Waals surface area contributed by atoms with Crippen LogP contribution in [-0.4, -0.2) is 36.3 Å². The van der Waals surface area contributed by atoms with Crippen molar-refractivity contribution in [3.8, 4) is 0 Å². The van der Waals surface area contributed by atoms with E-state index in [4.69, 9.17) is 4.55 Å². The number of hydrogen-bond donors (Lipinski definition) is 1. The molecule has 1 aliphatic heterocycles. The van der Waals surface area contributed by atoms with Crippen LogP contribution in [0.4, 0.5) is 5.82 Å². The Labute approximate surface area is 94.9 Å². The maximum Gasteiger partial charge on any atom is 0.267 e. The van der Waals surface area contributed by atoms with Gasteiger partial charge in [0.25, 0.3) is 10.1 Å². The highest BCUT2D eigenvalue weighted by molar-refractivity contribution is 7.86. The first kappa shape index (κ1) is 11.3. The lowest BCUT2D eigenvalue weighted by Crippen LogP contribution is -2.39. The molecule has 1 fully saturated rings. The monoisotopic (exact) mass is 242 g/mol. The van der Waals surface area contributed by atoms with Gasteiger partial charge in [0.05, 0.1) is 5.25 Å². The summed E-state index contributed by atoms with van der Waals surface area (Å²) in [7, 11) is -3.88. The van der Waals surface area contributed by atoms with E-state index in [0.29, 0.717) is 25.9 Å². The van der Waals surface area contributed by atoms with Gasteiger partial charge in [0.15, 0.2) is 0 Å². The fourth-order valence-corrected chi connectivity index (χ4v) is 2.73. The van der Waals surface area contributed by atoms with Crippen molar-refractivity contribution in [2.45, 2.75) is 18.1 Å². The highest BCUT2D eigenvalue weighted by Crippen LogP contribution is 2.20. The molecule has 1 aliphatic rings. The van der Waals surface area contributed by atoms with Gasteiger partial charge >= 0.3 is 0 Å². The molecule has 1 aromatic rings. The van der Waals surface area contributed by atoms with Gasteiger partial charge in [0.2, 0.25) is 0 Å². The second kappa shape index (κ2) is 4.39. The van der Waals surface area contributed by atoms with Crippen LogP contribution in [0, 0.1) is 0 Å². The minimum Gasteiger partial charge on any atom is -0.357 e. The lowest BCUT2D eigenvalue weighted by Gasteiger charge is -2.31. The Morgan fingerprint density at radius 3 is 2.50 bits per heavy atom. The van der Waals surface area contributed by atoms with Crippen molar-refractivity contribution >= 4 is 15.9 Å². The fourth-order valence-electron chi connectivity index (χ4n) is 1.92. The topological polar surface area (TPSA) is 70.5 Å². The van der Waals surface area contributed by atoms with Crippen molar-refractivity contribution in [2.75, 3.05) is 18.0 Å². The van der Waals surface area contributed by atoms with Crippen LogP contribution in [0.5, 0.6) is 0 Å². The largest absolute Gasteiger partial charge is 0.357 e. The van der Waals surface area contributed by atoms with Gasteiger partial charge in [-0.2, -0.15) is 8.42 Å². The molecule has 0 bridgehead atoms. The molecule has 2 rings (SSSR count). The molecule has 88 valence electrons. The standard InChI is InChI=1S/C10H14N2O3S/c13-16(14,15)9-4-7-12(8-5-9)10-3-1-2-6-11-10/h1-3,6,9H,4-5,7-8H2,(H,13,14,15). The molecule has 0 aromatic carbocycles. The van der Waals surface area contributed by atoms with Gasteiger partial charge in [-0.15, -0.1) is 0 Å². The zero-order valence-electron chi connectivity index (χ0n) is 8.78. The van der Waals surface area contributed by atoms with E-state index in [1.54, 1.807) is 6.20 Å². The van der Waals surface area contributed by atoms with Gasteiger partial charge < -0.3 is 4.90 Å². The van der Waals surface area contributed by atoms with Gasteiger partial charge in [0, 0.05) is 19.3 Å². The average Bonchev–Trinajstić information content (AvgIpc) is 2.29. The van der Waals surface area contributed by atoms with Crippen LogP contribution in [0.15, 0.2) is 24.4 Å². The van der Waals surface area contributed by atoms with E-state index in [9.17, 15) is 8.42 Å². The van der Waals surface area contributed by atoms with Gasteiger partial charge in [-0.1, -0.05) is 6.07 Å². The zero-order valence-corrected chi connectivity index (χ0v) is 9.60. The average molecular weight is 242 g/mol. The molecule has 0 spiro atoms. The second-order valence-electron chi connectivity index (χ2n) is 3.89. The summed E-state index contributed by atoms with van der Waals surface area (Å²) in [6.45, 7) is 1.23. The number of piperidine rings is 1. The minimum absolute atomic E-state index is 0.454. The molecule has 5 nitrogen and oxygen atoms in total. The normalized spacial score (nSPS) is 18.7. The molecule has 0 radical (unpaired) electrons. The molecule has 1 aromatic heterocycles. The fraction of sp³-hybridized carbons (Fsp3) is 0.500. The van der Waals surface area contributed by atoms with Gasteiger partial charge in [-0.05, 0) is 25.0 Å². The molecule has 1 N–H and O–H groups in total. The van der Waals surface area contributed by atoms with Crippen molar-refractivity contribution in [3.05, 3.63) is 24.4 Å². The first-order valence-electron chi connectivity index (χ1n) is 5.19. The summed E-state index contributed by atoms with van der Waals surface area (Å²) in [5.74, 6) is 0.858.